The van der Waals surface area contributed by atoms with Gasteiger partial charge in [0.25, 0.3) is 0 Å². The second-order valence-electron chi connectivity index (χ2n) is 16.5. The Kier molecular flexibility index (Phi) is 15.7. The number of para-hydroxylation sites is 2. The minimum atomic E-state index is -4.25. The van der Waals surface area contributed by atoms with Crippen LogP contribution in [0.25, 0.3) is 0 Å². The Morgan fingerprint density at radius 2 is 1.67 bits per heavy atom. The molecule has 0 saturated heterocycles. The molecule has 0 radical (unpaired) electrons. The van der Waals surface area contributed by atoms with Gasteiger partial charge in [-0.3, -0.25) is 9.36 Å². The predicted molar refractivity (Wildman–Crippen MR) is 234 cm³/mol. The van der Waals surface area contributed by atoms with E-state index >= 15 is 0 Å². The summed E-state index contributed by atoms with van der Waals surface area (Å²) in [7, 11) is -5.89. The highest BCUT2D eigenvalue weighted by Crippen LogP contribution is 2.48. The minimum absolute atomic E-state index is 0.0117. The quantitative estimate of drug-likeness (QED) is 0.0604. The summed E-state index contributed by atoms with van der Waals surface area (Å²) in [5.41, 5.74) is 8.89. The third-order valence-electron chi connectivity index (χ3n) is 11.6. The molecule has 0 saturated carbocycles. The highest BCUT2D eigenvalue weighted by molar-refractivity contribution is 7.85. The first-order chi connectivity index (χ1) is 27.5. The first-order valence-corrected chi connectivity index (χ1v) is 24.5. The lowest BCUT2D eigenvalue weighted by atomic mass is 9.81. The van der Waals surface area contributed by atoms with Crippen LogP contribution in [-0.2, 0) is 39.4 Å². The normalized spacial score (nSPS) is 20.0. The van der Waals surface area contributed by atoms with Gasteiger partial charge in [0.1, 0.15) is 6.54 Å². The van der Waals surface area contributed by atoms with Crippen LogP contribution in [0.1, 0.15) is 103 Å². The van der Waals surface area contributed by atoms with Gasteiger partial charge in [0.05, 0.1) is 22.1 Å². The van der Waals surface area contributed by atoms with Crippen molar-refractivity contribution < 1.29 is 36.0 Å². The molecular formula is C45H61ClN3O7PS. The van der Waals surface area contributed by atoms with E-state index in [1.165, 1.54) is 36.3 Å². The summed E-state index contributed by atoms with van der Waals surface area (Å²) in [6.45, 7) is 12.6. The third-order valence-corrected chi connectivity index (χ3v) is 14.1. The number of halogens is 1. The molecule has 1 amide bonds. The molecule has 0 fully saturated rings. The second-order valence-corrected chi connectivity index (χ2v) is 20.6. The number of rotatable bonds is 20. The second kappa shape index (κ2) is 19.8. The number of benzene rings is 2. The molecule has 2 aromatic carbocycles. The maximum atomic E-state index is 12.4. The fourth-order valence-corrected chi connectivity index (χ4v) is 9.72. The van der Waals surface area contributed by atoms with Crippen molar-refractivity contribution in [3.05, 3.63) is 106 Å². The van der Waals surface area contributed by atoms with E-state index in [1.807, 2.05) is 12.1 Å². The number of anilines is 1. The van der Waals surface area contributed by atoms with Crippen molar-refractivity contribution >= 4 is 52.3 Å². The van der Waals surface area contributed by atoms with E-state index in [-0.39, 0.29) is 29.1 Å². The maximum Gasteiger partial charge on any atom is 0.327 e. The van der Waals surface area contributed by atoms with E-state index in [4.69, 9.17) is 20.6 Å². The fraction of sp³-hybridized carbons (Fsp3) is 0.511. The zero-order chi connectivity index (χ0) is 42.1. The summed E-state index contributed by atoms with van der Waals surface area (Å²) in [6.07, 6.45) is 16.1. The molecular weight excluding hydrogens is 793 g/mol. The van der Waals surface area contributed by atoms with E-state index in [2.05, 4.69) is 103 Å². The minimum Gasteiger partial charge on any atom is -0.748 e. The van der Waals surface area contributed by atoms with Crippen molar-refractivity contribution in [3.63, 3.8) is 0 Å². The summed E-state index contributed by atoms with van der Waals surface area (Å²) in [5, 5.41) is 3.71. The molecule has 1 unspecified atom stereocenters. The zero-order valence-corrected chi connectivity index (χ0v) is 37.5. The van der Waals surface area contributed by atoms with Crippen molar-refractivity contribution in [3.8, 4) is 0 Å². The van der Waals surface area contributed by atoms with Crippen LogP contribution in [0.2, 0.25) is 0 Å². The SMILES string of the molecule is COP(C)(=O)OCCCNC(=O)CCCCC[N+]1=C(C=CC2=C(Cl)C(=CC=C3N(CCCCS(=O)(=O)[O-])c4ccccc4C3(C)C)CCC2)C(C)(C)c2ccccc21. The number of hydrogen-bond acceptors (Lipinski definition) is 8. The van der Waals surface area contributed by atoms with Crippen molar-refractivity contribution in [2.75, 3.05) is 50.7 Å². The topological polar surface area (TPSA) is 128 Å². The maximum absolute atomic E-state index is 12.4. The Morgan fingerprint density at radius 1 is 0.948 bits per heavy atom. The molecule has 0 spiro atoms. The summed E-state index contributed by atoms with van der Waals surface area (Å²) in [4.78, 5) is 14.7. The molecule has 2 aliphatic heterocycles. The van der Waals surface area contributed by atoms with Gasteiger partial charge >= 0.3 is 7.60 Å². The summed E-state index contributed by atoms with van der Waals surface area (Å²) in [6, 6.07) is 16.9. The van der Waals surface area contributed by atoms with Gasteiger partial charge in [0.15, 0.2) is 5.71 Å². The standard InChI is InChI=1S/C45H61ClN3O7PS/c1-44(2)36-20-9-11-22-38(36)48(30-13-7-8-24-42(50)47-29-17-32-56-57(6,51)55-5)40(44)27-25-34-18-16-19-35(43(34)46)26-28-41-45(3,4)37-21-10-12-23-39(37)49(41)31-14-15-33-58(52,53)54/h9-12,20-23,25-28H,7-8,13-19,24,29-33H2,1-6H3,(H-,47,50,52,53,54). The third kappa shape index (κ3) is 11.5. The van der Waals surface area contributed by atoms with Crippen LogP contribution in [0.3, 0.4) is 0 Å². The van der Waals surface area contributed by atoms with E-state index in [1.54, 1.807) is 0 Å². The van der Waals surface area contributed by atoms with E-state index in [0.717, 1.165) is 72.6 Å². The summed E-state index contributed by atoms with van der Waals surface area (Å²) >= 11 is 7.23. The molecule has 10 nitrogen and oxygen atoms in total. The van der Waals surface area contributed by atoms with Gasteiger partial charge in [0.2, 0.25) is 11.6 Å². The number of amides is 1. The summed E-state index contributed by atoms with van der Waals surface area (Å²) in [5.74, 6) is -0.342. The van der Waals surface area contributed by atoms with Gasteiger partial charge < -0.3 is 23.8 Å². The Morgan fingerprint density at radius 3 is 2.41 bits per heavy atom. The van der Waals surface area contributed by atoms with Gasteiger partial charge in [0, 0.05) is 85.0 Å². The Bertz CT molecular complexity index is 2140. The smallest absolute Gasteiger partial charge is 0.327 e. The van der Waals surface area contributed by atoms with Crippen LogP contribution in [0.5, 0.6) is 0 Å². The van der Waals surface area contributed by atoms with Crippen molar-refractivity contribution in [1.82, 2.24) is 5.32 Å². The van der Waals surface area contributed by atoms with Gasteiger partial charge in [-0.1, -0.05) is 74.0 Å². The van der Waals surface area contributed by atoms with Gasteiger partial charge in [-0.2, -0.15) is 4.58 Å². The largest absolute Gasteiger partial charge is 0.748 e. The molecule has 3 aliphatic rings. The number of allylic oxidation sites excluding steroid dienone is 8. The highest BCUT2D eigenvalue weighted by Gasteiger charge is 2.44. The van der Waals surface area contributed by atoms with Crippen LogP contribution >= 0.6 is 19.2 Å². The van der Waals surface area contributed by atoms with Crippen LogP contribution < -0.4 is 10.2 Å². The number of nitrogens with one attached hydrogen (secondary N) is 1. The van der Waals surface area contributed by atoms with Crippen LogP contribution in [0.15, 0.2) is 94.7 Å². The lowest BCUT2D eigenvalue weighted by molar-refractivity contribution is -0.438. The highest BCUT2D eigenvalue weighted by atomic mass is 35.5. The molecule has 1 N–H and O–H groups in total. The molecule has 1 atom stereocenters. The molecule has 316 valence electrons. The van der Waals surface area contributed by atoms with Crippen molar-refractivity contribution in [2.45, 2.75) is 103 Å². The number of carbonyl (C=O) groups is 1. The number of hydrogen-bond donors (Lipinski definition) is 1. The van der Waals surface area contributed by atoms with E-state index in [9.17, 15) is 22.3 Å². The average Bonchev–Trinajstić information content (AvgIpc) is 3.53. The lowest BCUT2D eigenvalue weighted by Gasteiger charge is -2.27. The molecule has 13 heteroatoms. The first kappa shape index (κ1) is 45.8. The number of nitrogens with zero attached hydrogens (tertiary/aromatic N) is 2. The van der Waals surface area contributed by atoms with Crippen LogP contribution in [-0.4, -0.2) is 74.9 Å². The molecule has 1 aliphatic carbocycles. The van der Waals surface area contributed by atoms with Crippen molar-refractivity contribution in [2.24, 2.45) is 0 Å². The zero-order valence-electron chi connectivity index (χ0n) is 35.0. The number of carbonyl (C=O) groups excluding carboxylic acids is 1. The molecule has 0 aromatic heterocycles. The van der Waals surface area contributed by atoms with Gasteiger partial charge in [-0.05, 0) is 94.1 Å². The predicted octanol–water partition coefficient (Wildman–Crippen LogP) is 9.78. The molecule has 2 aromatic rings. The number of fused-ring (bicyclic) bond motifs is 2. The van der Waals surface area contributed by atoms with Crippen LogP contribution in [0.4, 0.5) is 11.4 Å². The van der Waals surface area contributed by atoms with Gasteiger partial charge in [-0.25, -0.2) is 8.42 Å². The molecule has 2 heterocycles. The lowest BCUT2D eigenvalue weighted by Crippen LogP contribution is -2.28. The molecule has 0 bridgehead atoms. The summed E-state index contributed by atoms with van der Waals surface area (Å²) < 4.78 is 58.1. The van der Waals surface area contributed by atoms with E-state index in [0.29, 0.717) is 38.8 Å². The van der Waals surface area contributed by atoms with Gasteiger partial charge in [-0.15, -0.1) is 0 Å². The first-order valence-electron chi connectivity index (χ1n) is 20.5. The van der Waals surface area contributed by atoms with Crippen molar-refractivity contribution in [1.29, 1.82) is 0 Å². The Labute approximate surface area is 351 Å². The monoisotopic (exact) mass is 853 g/mol. The Hall–Kier alpha value is -3.31. The number of unbranched alkanes of at least 4 members (excludes halogenated alkanes) is 3. The Balaban J connectivity index is 1.28. The molecule has 58 heavy (non-hydrogen) atoms. The van der Waals surface area contributed by atoms with E-state index < -0.39 is 17.7 Å². The van der Waals surface area contributed by atoms with Crippen LogP contribution in [0, 0.1) is 0 Å². The average molecular weight is 854 g/mol. The fourth-order valence-electron chi connectivity index (χ4n) is 8.28. The molecule has 5 rings (SSSR count).